The van der Waals surface area contributed by atoms with Crippen molar-refractivity contribution in [1.82, 2.24) is 9.80 Å². The minimum atomic E-state index is -0.390. The second-order valence-electron chi connectivity index (χ2n) is 8.21. The Balaban J connectivity index is 2.78. The first-order chi connectivity index (χ1) is 12.7. The van der Waals surface area contributed by atoms with Crippen LogP contribution in [0.3, 0.4) is 0 Å². The second kappa shape index (κ2) is 11.2. The van der Waals surface area contributed by atoms with Gasteiger partial charge in [-0.2, -0.15) is 0 Å². The van der Waals surface area contributed by atoms with Gasteiger partial charge in [0.05, 0.1) is 6.61 Å². The van der Waals surface area contributed by atoms with Crippen molar-refractivity contribution >= 4 is 6.09 Å². The Morgan fingerprint density at radius 1 is 1.04 bits per heavy atom. The molecular weight excluding hydrogens is 340 g/mol. The van der Waals surface area contributed by atoms with Crippen LogP contribution < -0.4 is 9.47 Å². The zero-order valence-electron chi connectivity index (χ0n) is 18.3. The van der Waals surface area contributed by atoms with E-state index < -0.39 is 0 Å². The molecule has 0 aliphatic heterocycles. The molecule has 0 unspecified atom stereocenters. The number of hydrogen-bond donors (Lipinski definition) is 0. The maximum absolute atomic E-state index is 11.8. The second-order valence-corrected chi connectivity index (χ2v) is 8.21. The van der Waals surface area contributed by atoms with E-state index >= 15 is 0 Å². The number of carbonyl (C=O) groups excluding carboxylic acids is 1. The molecule has 1 aromatic carbocycles. The molecule has 1 amide bonds. The summed E-state index contributed by atoms with van der Waals surface area (Å²) in [5, 5.41) is 0. The maximum atomic E-state index is 11.8. The molecule has 5 nitrogen and oxygen atoms in total. The molecule has 0 aromatic heterocycles. The zero-order chi connectivity index (χ0) is 20.4. The van der Waals surface area contributed by atoms with Crippen molar-refractivity contribution in [3.05, 3.63) is 23.8 Å². The molecule has 0 saturated heterocycles. The number of nitrogens with zero attached hydrogens (tertiary/aromatic N) is 2. The molecule has 0 radical (unpaired) electrons. The highest BCUT2D eigenvalue weighted by Crippen LogP contribution is 2.34. The van der Waals surface area contributed by atoms with E-state index in [9.17, 15) is 4.79 Å². The summed E-state index contributed by atoms with van der Waals surface area (Å²) < 4.78 is 11.5. The Kier molecular flexibility index (Phi) is 9.64. The predicted molar refractivity (Wildman–Crippen MR) is 112 cm³/mol. The van der Waals surface area contributed by atoms with Gasteiger partial charge in [0.25, 0.3) is 0 Å². The van der Waals surface area contributed by atoms with Gasteiger partial charge in [0.2, 0.25) is 0 Å². The fourth-order valence-electron chi connectivity index (χ4n) is 2.94. The van der Waals surface area contributed by atoms with Gasteiger partial charge in [-0.3, -0.25) is 0 Å². The molecule has 5 heteroatoms. The van der Waals surface area contributed by atoms with E-state index in [1.54, 1.807) is 14.1 Å². The van der Waals surface area contributed by atoms with Crippen LogP contribution in [0.4, 0.5) is 4.79 Å². The van der Waals surface area contributed by atoms with Crippen molar-refractivity contribution in [1.29, 1.82) is 0 Å². The van der Waals surface area contributed by atoms with Crippen LogP contribution in [0, 0.1) is 0 Å². The summed E-state index contributed by atoms with van der Waals surface area (Å²) in [6.07, 6.45) is 2.94. The fraction of sp³-hybridized carbons (Fsp3) is 0.682. The fourth-order valence-corrected chi connectivity index (χ4v) is 2.94. The summed E-state index contributed by atoms with van der Waals surface area (Å²) in [6.45, 7) is 14.9. The van der Waals surface area contributed by atoms with E-state index in [4.69, 9.17) is 9.47 Å². The van der Waals surface area contributed by atoms with Gasteiger partial charge in [0.15, 0.2) is 0 Å². The van der Waals surface area contributed by atoms with Crippen LogP contribution in [0.25, 0.3) is 0 Å². The molecule has 0 N–H and O–H groups in total. The van der Waals surface area contributed by atoms with Crippen molar-refractivity contribution in [2.24, 2.45) is 0 Å². The van der Waals surface area contributed by atoms with Gasteiger partial charge in [-0.25, -0.2) is 4.79 Å². The number of carbonyl (C=O) groups is 1. The molecule has 154 valence electrons. The average molecular weight is 379 g/mol. The molecule has 0 saturated carbocycles. The molecule has 0 aliphatic carbocycles. The van der Waals surface area contributed by atoms with E-state index in [0.717, 1.165) is 37.4 Å². The van der Waals surface area contributed by atoms with Gasteiger partial charge in [-0.15, -0.1) is 0 Å². The molecule has 0 aliphatic rings. The zero-order valence-corrected chi connectivity index (χ0v) is 18.3. The van der Waals surface area contributed by atoms with E-state index in [1.807, 2.05) is 18.2 Å². The largest absolute Gasteiger partial charge is 0.493 e. The molecule has 1 rings (SSSR count). The van der Waals surface area contributed by atoms with Crippen molar-refractivity contribution in [3.63, 3.8) is 0 Å². The predicted octanol–water partition coefficient (Wildman–Crippen LogP) is 4.94. The maximum Gasteiger partial charge on any atom is 0.414 e. The Labute approximate surface area is 165 Å². The number of rotatable bonds is 10. The Bertz CT molecular complexity index is 573. The highest BCUT2D eigenvalue weighted by molar-refractivity contribution is 5.70. The lowest BCUT2D eigenvalue weighted by Gasteiger charge is -2.24. The molecule has 0 fully saturated rings. The first-order valence-electron chi connectivity index (χ1n) is 10.1. The Morgan fingerprint density at radius 3 is 2.19 bits per heavy atom. The van der Waals surface area contributed by atoms with Gasteiger partial charge in [0, 0.05) is 26.7 Å². The van der Waals surface area contributed by atoms with Gasteiger partial charge in [-0.05, 0) is 49.4 Å². The van der Waals surface area contributed by atoms with E-state index in [2.05, 4.69) is 39.5 Å². The summed E-state index contributed by atoms with van der Waals surface area (Å²) in [5.41, 5.74) is 1.07. The quantitative estimate of drug-likeness (QED) is 0.541. The molecule has 0 bridgehead atoms. The van der Waals surface area contributed by atoms with Crippen LogP contribution in [0.15, 0.2) is 18.2 Å². The number of benzene rings is 1. The van der Waals surface area contributed by atoms with Crippen LogP contribution in [0.2, 0.25) is 0 Å². The average Bonchev–Trinajstić information content (AvgIpc) is 2.58. The lowest BCUT2D eigenvalue weighted by atomic mass is 9.86. The third-order valence-electron chi connectivity index (χ3n) is 4.29. The lowest BCUT2D eigenvalue weighted by Crippen LogP contribution is -2.27. The molecule has 1 aromatic rings. The van der Waals surface area contributed by atoms with Crippen LogP contribution >= 0.6 is 0 Å². The first kappa shape index (κ1) is 23.3. The minimum Gasteiger partial charge on any atom is -0.493 e. The van der Waals surface area contributed by atoms with Crippen LogP contribution in [-0.2, 0) is 5.41 Å². The van der Waals surface area contributed by atoms with Gasteiger partial charge in [0.1, 0.15) is 11.5 Å². The van der Waals surface area contributed by atoms with E-state index in [-0.39, 0.29) is 11.5 Å². The van der Waals surface area contributed by atoms with Crippen molar-refractivity contribution in [2.75, 3.05) is 40.3 Å². The third-order valence-corrected chi connectivity index (χ3v) is 4.29. The SMILES string of the molecule is CCCN(CCC)CCCOc1cc(OC(=O)N(C)C)ccc1C(C)(C)C. The normalized spacial score (nSPS) is 11.6. The van der Waals surface area contributed by atoms with E-state index in [1.165, 1.54) is 17.7 Å². The molecule has 27 heavy (non-hydrogen) atoms. The van der Waals surface area contributed by atoms with Crippen LogP contribution in [0.5, 0.6) is 11.5 Å². The van der Waals surface area contributed by atoms with Gasteiger partial charge in [-0.1, -0.05) is 40.7 Å². The molecule has 0 atom stereocenters. The van der Waals surface area contributed by atoms with Crippen molar-refractivity contribution < 1.29 is 14.3 Å². The summed E-state index contributed by atoms with van der Waals surface area (Å²) in [7, 11) is 3.34. The Morgan fingerprint density at radius 2 is 1.67 bits per heavy atom. The summed E-state index contributed by atoms with van der Waals surface area (Å²) in [4.78, 5) is 15.7. The summed E-state index contributed by atoms with van der Waals surface area (Å²) in [5.74, 6) is 1.30. The molecule has 0 heterocycles. The lowest BCUT2D eigenvalue weighted by molar-refractivity contribution is 0.171. The van der Waals surface area contributed by atoms with Gasteiger partial charge < -0.3 is 19.3 Å². The number of hydrogen-bond acceptors (Lipinski definition) is 4. The van der Waals surface area contributed by atoms with Crippen molar-refractivity contribution in [3.8, 4) is 11.5 Å². The minimum absolute atomic E-state index is 0.0458. The first-order valence-corrected chi connectivity index (χ1v) is 10.1. The summed E-state index contributed by atoms with van der Waals surface area (Å²) >= 11 is 0. The number of ether oxygens (including phenoxy) is 2. The molecule has 0 spiro atoms. The van der Waals surface area contributed by atoms with Crippen LogP contribution in [-0.4, -0.2) is 56.2 Å². The monoisotopic (exact) mass is 378 g/mol. The highest BCUT2D eigenvalue weighted by Gasteiger charge is 2.20. The smallest absolute Gasteiger partial charge is 0.414 e. The molecular formula is C22H38N2O3. The van der Waals surface area contributed by atoms with Crippen LogP contribution in [0.1, 0.15) is 59.4 Å². The standard InChI is InChI=1S/C22H38N2O3/c1-8-13-24(14-9-2)15-10-16-26-20-17-18(27-21(25)23(6)7)11-12-19(20)22(3,4)5/h11-12,17H,8-10,13-16H2,1-7H3. The van der Waals surface area contributed by atoms with E-state index in [0.29, 0.717) is 12.4 Å². The summed E-state index contributed by atoms with van der Waals surface area (Å²) in [6, 6.07) is 5.66. The van der Waals surface area contributed by atoms with Crippen molar-refractivity contribution in [2.45, 2.75) is 59.3 Å². The third kappa shape index (κ3) is 8.21. The number of amides is 1. The Hall–Kier alpha value is -1.75. The highest BCUT2D eigenvalue weighted by atomic mass is 16.6. The van der Waals surface area contributed by atoms with Gasteiger partial charge >= 0.3 is 6.09 Å². The topological polar surface area (TPSA) is 42.0 Å².